The van der Waals surface area contributed by atoms with Crippen molar-refractivity contribution < 1.29 is 9.53 Å². The van der Waals surface area contributed by atoms with Crippen LogP contribution in [0.4, 0.5) is 0 Å². The molecule has 18 heavy (non-hydrogen) atoms. The van der Waals surface area contributed by atoms with Crippen LogP contribution in [0.5, 0.6) is 0 Å². The van der Waals surface area contributed by atoms with Crippen molar-refractivity contribution in [2.75, 3.05) is 25.4 Å². The molecule has 3 aliphatic rings. The highest BCUT2D eigenvalue weighted by atomic mass is 35.5. The van der Waals surface area contributed by atoms with Crippen LogP contribution >= 0.6 is 24.2 Å². The molecular formula is C12H21ClN2O2S. The Morgan fingerprint density at radius 3 is 3.00 bits per heavy atom. The van der Waals surface area contributed by atoms with Gasteiger partial charge in [0, 0.05) is 19.7 Å². The maximum Gasteiger partial charge on any atom is 0.233 e. The van der Waals surface area contributed by atoms with Crippen LogP contribution in [-0.4, -0.2) is 52.8 Å². The SMILES string of the molecule is CC1(C)CC2(CCO1)NCCN1C(=O)CSC12.Cl. The molecule has 0 aromatic rings. The summed E-state index contributed by atoms with van der Waals surface area (Å²) in [6, 6.07) is 0. The van der Waals surface area contributed by atoms with E-state index in [1.807, 2.05) is 0 Å². The van der Waals surface area contributed by atoms with E-state index in [-0.39, 0.29) is 23.5 Å². The van der Waals surface area contributed by atoms with Crippen LogP contribution in [0.15, 0.2) is 0 Å². The van der Waals surface area contributed by atoms with E-state index in [0.29, 0.717) is 17.0 Å². The second-order valence-corrected chi connectivity index (χ2v) is 6.94. The Hall–Kier alpha value is 0.0300. The number of halogens is 1. The molecule has 3 saturated heterocycles. The molecule has 6 heteroatoms. The number of carbonyl (C=O) groups is 1. The number of nitrogens with one attached hydrogen (secondary N) is 1. The van der Waals surface area contributed by atoms with Crippen molar-refractivity contribution in [1.82, 2.24) is 10.2 Å². The van der Waals surface area contributed by atoms with E-state index in [2.05, 4.69) is 24.1 Å². The van der Waals surface area contributed by atoms with E-state index < -0.39 is 0 Å². The summed E-state index contributed by atoms with van der Waals surface area (Å²) in [6.07, 6.45) is 2.00. The van der Waals surface area contributed by atoms with Crippen LogP contribution in [0.3, 0.4) is 0 Å². The number of hydrogen-bond acceptors (Lipinski definition) is 4. The third-order valence-corrected chi connectivity index (χ3v) is 5.49. The number of nitrogens with zero attached hydrogens (tertiary/aromatic N) is 1. The summed E-state index contributed by atoms with van der Waals surface area (Å²) < 4.78 is 5.82. The van der Waals surface area contributed by atoms with Crippen LogP contribution in [0.25, 0.3) is 0 Å². The summed E-state index contributed by atoms with van der Waals surface area (Å²) in [5.41, 5.74) is -0.0166. The summed E-state index contributed by atoms with van der Waals surface area (Å²) in [4.78, 5) is 13.9. The quantitative estimate of drug-likeness (QED) is 0.729. The van der Waals surface area contributed by atoms with Gasteiger partial charge in [-0.05, 0) is 26.7 Å². The van der Waals surface area contributed by atoms with E-state index in [0.717, 1.165) is 32.5 Å². The number of thioether (sulfide) groups is 1. The highest BCUT2D eigenvalue weighted by molar-refractivity contribution is 8.01. The second kappa shape index (κ2) is 4.85. The number of rotatable bonds is 0. The molecule has 3 aliphatic heterocycles. The summed E-state index contributed by atoms with van der Waals surface area (Å²) >= 11 is 1.80. The minimum atomic E-state index is -0.0829. The van der Waals surface area contributed by atoms with E-state index in [4.69, 9.17) is 4.74 Å². The Bertz CT molecular complexity index is 349. The fourth-order valence-corrected chi connectivity index (χ4v) is 4.91. The van der Waals surface area contributed by atoms with E-state index >= 15 is 0 Å². The molecule has 3 rings (SSSR count). The van der Waals surface area contributed by atoms with Crippen LogP contribution < -0.4 is 5.32 Å². The van der Waals surface area contributed by atoms with Gasteiger partial charge in [-0.2, -0.15) is 0 Å². The van der Waals surface area contributed by atoms with Gasteiger partial charge in [0.1, 0.15) is 0 Å². The first kappa shape index (κ1) is 14.4. The lowest BCUT2D eigenvalue weighted by atomic mass is 9.79. The molecule has 1 amide bonds. The largest absolute Gasteiger partial charge is 0.375 e. The smallest absolute Gasteiger partial charge is 0.233 e. The van der Waals surface area contributed by atoms with Crippen molar-refractivity contribution >= 4 is 30.1 Å². The van der Waals surface area contributed by atoms with Gasteiger partial charge in [-0.1, -0.05) is 0 Å². The Morgan fingerprint density at radius 2 is 2.28 bits per heavy atom. The third-order valence-electron chi connectivity index (χ3n) is 4.05. The molecule has 0 aromatic heterocycles. The highest BCUT2D eigenvalue weighted by Gasteiger charge is 2.53. The number of ether oxygens (including phenoxy) is 1. The molecule has 104 valence electrons. The van der Waals surface area contributed by atoms with E-state index in [1.54, 1.807) is 11.8 Å². The molecule has 1 spiro atoms. The predicted octanol–water partition coefficient (Wildman–Crippen LogP) is 1.24. The van der Waals surface area contributed by atoms with Crippen molar-refractivity contribution in [3.05, 3.63) is 0 Å². The van der Waals surface area contributed by atoms with Gasteiger partial charge < -0.3 is 15.0 Å². The summed E-state index contributed by atoms with van der Waals surface area (Å²) in [7, 11) is 0. The van der Waals surface area contributed by atoms with Gasteiger partial charge in [0.05, 0.1) is 22.3 Å². The molecular weight excluding hydrogens is 272 g/mol. The number of amides is 1. The molecule has 3 heterocycles. The predicted molar refractivity (Wildman–Crippen MR) is 75.2 cm³/mol. The van der Waals surface area contributed by atoms with Crippen LogP contribution in [-0.2, 0) is 9.53 Å². The van der Waals surface area contributed by atoms with Crippen molar-refractivity contribution in [3.8, 4) is 0 Å². The lowest BCUT2D eigenvalue weighted by molar-refractivity contribution is -0.136. The molecule has 4 nitrogen and oxygen atoms in total. The second-order valence-electron chi connectivity index (χ2n) is 5.87. The van der Waals surface area contributed by atoms with Crippen LogP contribution in [0.2, 0.25) is 0 Å². The topological polar surface area (TPSA) is 41.6 Å². The molecule has 2 atom stereocenters. The Kier molecular flexibility index (Phi) is 3.89. The van der Waals surface area contributed by atoms with Gasteiger partial charge in [-0.25, -0.2) is 0 Å². The monoisotopic (exact) mass is 292 g/mol. The maximum absolute atomic E-state index is 11.8. The lowest BCUT2D eigenvalue weighted by Gasteiger charge is -2.53. The van der Waals surface area contributed by atoms with Gasteiger partial charge in [-0.15, -0.1) is 24.2 Å². The van der Waals surface area contributed by atoms with E-state index in [9.17, 15) is 4.79 Å². The number of piperazine rings is 1. The number of hydrogen-bond donors (Lipinski definition) is 1. The van der Waals surface area contributed by atoms with Gasteiger partial charge in [0.25, 0.3) is 0 Å². The van der Waals surface area contributed by atoms with Crippen LogP contribution in [0.1, 0.15) is 26.7 Å². The van der Waals surface area contributed by atoms with Crippen molar-refractivity contribution in [3.63, 3.8) is 0 Å². The van der Waals surface area contributed by atoms with Crippen molar-refractivity contribution in [2.45, 2.75) is 43.2 Å². The highest BCUT2D eigenvalue weighted by Crippen LogP contribution is 2.44. The number of fused-ring (bicyclic) bond motifs is 2. The third kappa shape index (κ3) is 2.26. The Labute approximate surface area is 119 Å². The van der Waals surface area contributed by atoms with Gasteiger partial charge >= 0.3 is 0 Å². The average Bonchev–Trinajstić information content (AvgIpc) is 2.61. The van der Waals surface area contributed by atoms with Gasteiger partial charge in [-0.3, -0.25) is 4.79 Å². The van der Waals surface area contributed by atoms with Crippen molar-refractivity contribution in [2.24, 2.45) is 0 Å². The van der Waals surface area contributed by atoms with E-state index in [1.165, 1.54) is 0 Å². The first-order valence-corrected chi connectivity index (χ1v) is 7.37. The van der Waals surface area contributed by atoms with Crippen molar-refractivity contribution in [1.29, 1.82) is 0 Å². The lowest BCUT2D eigenvalue weighted by Crippen LogP contribution is -2.68. The fourth-order valence-electron chi connectivity index (χ4n) is 3.44. The number of carbonyl (C=O) groups excluding carboxylic acids is 1. The molecule has 0 aliphatic carbocycles. The molecule has 0 bridgehead atoms. The first-order chi connectivity index (χ1) is 8.03. The summed E-state index contributed by atoms with van der Waals surface area (Å²) in [5.74, 6) is 0.959. The molecule has 2 unspecified atom stereocenters. The molecule has 0 saturated carbocycles. The zero-order valence-electron chi connectivity index (χ0n) is 10.9. The first-order valence-electron chi connectivity index (χ1n) is 6.33. The Morgan fingerprint density at radius 1 is 1.50 bits per heavy atom. The average molecular weight is 293 g/mol. The van der Waals surface area contributed by atoms with Gasteiger partial charge in [0.2, 0.25) is 5.91 Å². The minimum Gasteiger partial charge on any atom is -0.375 e. The minimum absolute atomic E-state index is 0. The van der Waals surface area contributed by atoms with Crippen LogP contribution in [0, 0.1) is 0 Å². The standard InChI is InChI=1S/C12H20N2O2S.ClH/c1-11(2)8-12(3-6-16-11)10-14(5-4-13-12)9(15)7-17-10;/h10,13H,3-8H2,1-2H3;1H. The molecule has 0 aromatic carbocycles. The maximum atomic E-state index is 11.8. The zero-order chi connectivity index (χ0) is 12.1. The zero-order valence-corrected chi connectivity index (χ0v) is 12.5. The fraction of sp³-hybridized carbons (Fsp3) is 0.917. The Balaban J connectivity index is 0.00000120. The summed E-state index contributed by atoms with van der Waals surface area (Å²) in [5, 5.41) is 4.00. The molecule has 1 N–H and O–H groups in total. The summed E-state index contributed by atoms with van der Waals surface area (Å²) in [6.45, 7) is 6.86. The molecule has 0 radical (unpaired) electrons. The van der Waals surface area contributed by atoms with Gasteiger partial charge in [0.15, 0.2) is 0 Å². The normalized spacial score (nSPS) is 38.4. The molecule has 3 fully saturated rings.